The van der Waals surface area contributed by atoms with Gasteiger partial charge in [0.15, 0.2) is 0 Å². The fraction of sp³-hybridized carbons (Fsp3) is 0.188. The van der Waals surface area contributed by atoms with Gasteiger partial charge in [-0.05, 0) is 51.8 Å². The third-order valence-electron chi connectivity index (χ3n) is 3.09. The highest BCUT2D eigenvalue weighted by molar-refractivity contribution is 9.11. The number of hydrogen-bond acceptors (Lipinski definition) is 2. The van der Waals surface area contributed by atoms with Gasteiger partial charge in [-0.2, -0.15) is 0 Å². The Morgan fingerprint density at radius 2 is 1.81 bits per heavy atom. The standard InChI is InChI=1S/C16H15Br2NO2/c1-19(10-11-3-6-13(21-2)7-4-11)16(20)14-8-5-12(17)9-15(14)18/h3-9H,10H2,1-2H3. The summed E-state index contributed by atoms with van der Waals surface area (Å²) in [5, 5.41) is 0. The lowest BCUT2D eigenvalue weighted by molar-refractivity contribution is 0.0784. The van der Waals surface area contributed by atoms with Crippen LogP contribution in [0.1, 0.15) is 15.9 Å². The number of methoxy groups -OCH3 is 1. The van der Waals surface area contributed by atoms with Crippen LogP contribution in [0.2, 0.25) is 0 Å². The summed E-state index contributed by atoms with van der Waals surface area (Å²) in [6.07, 6.45) is 0. The van der Waals surface area contributed by atoms with Gasteiger partial charge in [-0.15, -0.1) is 0 Å². The van der Waals surface area contributed by atoms with E-state index in [9.17, 15) is 4.79 Å². The second kappa shape index (κ2) is 7.09. The molecule has 110 valence electrons. The van der Waals surface area contributed by atoms with Gasteiger partial charge in [-0.25, -0.2) is 0 Å². The van der Waals surface area contributed by atoms with Crippen LogP contribution in [-0.2, 0) is 6.54 Å². The highest BCUT2D eigenvalue weighted by Crippen LogP contribution is 2.23. The van der Waals surface area contributed by atoms with Gasteiger partial charge in [0.2, 0.25) is 0 Å². The Morgan fingerprint density at radius 3 is 2.38 bits per heavy atom. The molecule has 0 aromatic heterocycles. The van der Waals surface area contributed by atoms with Crippen LogP contribution in [-0.4, -0.2) is 25.0 Å². The van der Waals surface area contributed by atoms with Crippen molar-refractivity contribution < 1.29 is 9.53 Å². The van der Waals surface area contributed by atoms with Crippen molar-refractivity contribution in [3.05, 3.63) is 62.5 Å². The fourth-order valence-corrected chi connectivity index (χ4v) is 3.16. The van der Waals surface area contributed by atoms with Crippen molar-refractivity contribution in [3.8, 4) is 5.75 Å². The van der Waals surface area contributed by atoms with Gasteiger partial charge >= 0.3 is 0 Å². The number of carbonyl (C=O) groups excluding carboxylic acids is 1. The van der Waals surface area contributed by atoms with Crippen molar-refractivity contribution in [1.29, 1.82) is 0 Å². The number of halogens is 2. The SMILES string of the molecule is COc1ccc(CN(C)C(=O)c2ccc(Br)cc2Br)cc1. The maximum atomic E-state index is 12.5. The third kappa shape index (κ3) is 4.08. The van der Waals surface area contributed by atoms with Crippen molar-refractivity contribution in [1.82, 2.24) is 4.90 Å². The first-order valence-electron chi connectivity index (χ1n) is 6.34. The van der Waals surface area contributed by atoms with E-state index in [4.69, 9.17) is 4.74 Å². The van der Waals surface area contributed by atoms with Crippen molar-refractivity contribution in [2.75, 3.05) is 14.2 Å². The van der Waals surface area contributed by atoms with E-state index in [1.807, 2.05) is 36.4 Å². The van der Waals surface area contributed by atoms with E-state index in [-0.39, 0.29) is 5.91 Å². The first-order chi connectivity index (χ1) is 10.0. The number of amides is 1. The topological polar surface area (TPSA) is 29.5 Å². The highest BCUT2D eigenvalue weighted by Gasteiger charge is 2.15. The molecule has 0 heterocycles. The lowest BCUT2D eigenvalue weighted by Crippen LogP contribution is -2.26. The van der Waals surface area contributed by atoms with E-state index < -0.39 is 0 Å². The molecule has 1 amide bonds. The molecule has 21 heavy (non-hydrogen) atoms. The predicted molar refractivity (Wildman–Crippen MR) is 90.6 cm³/mol. The Kier molecular flexibility index (Phi) is 5.42. The molecule has 0 fully saturated rings. The van der Waals surface area contributed by atoms with Crippen LogP contribution in [0.25, 0.3) is 0 Å². The molecule has 0 saturated heterocycles. The van der Waals surface area contributed by atoms with Crippen LogP contribution in [0.5, 0.6) is 5.75 Å². The summed E-state index contributed by atoms with van der Waals surface area (Å²) in [6.45, 7) is 0.547. The largest absolute Gasteiger partial charge is 0.497 e. The molecule has 0 unspecified atom stereocenters. The van der Waals surface area contributed by atoms with Crippen molar-refractivity contribution in [3.63, 3.8) is 0 Å². The minimum atomic E-state index is -0.0230. The lowest BCUT2D eigenvalue weighted by Gasteiger charge is -2.18. The number of rotatable bonds is 4. The molecule has 0 spiro atoms. The molecule has 0 N–H and O–H groups in total. The molecule has 0 aliphatic heterocycles. The first-order valence-corrected chi connectivity index (χ1v) is 7.93. The monoisotopic (exact) mass is 411 g/mol. The van der Waals surface area contributed by atoms with Crippen LogP contribution in [0.4, 0.5) is 0 Å². The lowest BCUT2D eigenvalue weighted by atomic mass is 10.1. The van der Waals surface area contributed by atoms with E-state index >= 15 is 0 Å². The van der Waals surface area contributed by atoms with Crippen LogP contribution < -0.4 is 4.74 Å². The first kappa shape index (κ1) is 16.0. The Bertz CT molecular complexity index is 641. The van der Waals surface area contributed by atoms with E-state index in [1.54, 1.807) is 25.1 Å². The molecule has 3 nitrogen and oxygen atoms in total. The van der Waals surface area contributed by atoms with Crippen molar-refractivity contribution in [2.45, 2.75) is 6.54 Å². The van der Waals surface area contributed by atoms with E-state index in [1.165, 1.54) is 0 Å². The molecule has 0 aliphatic rings. The van der Waals surface area contributed by atoms with Gasteiger partial charge in [-0.1, -0.05) is 28.1 Å². The van der Waals surface area contributed by atoms with Crippen LogP contribution in [0, 0.1) is 0 Å². The summed E-state index contributed by atoms with van der Waals surface area (Å²) in [4.78, 5) is 14.2. The minimum absolute atomic E-state index is 0.0230. The molecule has 5 heteroatoms. The summed E-state index contributed by atoms with van der Waals surface area (Å²) in [5.41, 5.74) is 1.70. The Morgan fingerprint density at radius 1 is 1.14 bits per heavy atom. The molecule has 2 rings (SSSR count). The molecule has 2 aromatic rings. The van der Waals surface area contributed by atoms with E-state index in [0.717, 1.165) is 20.3 Å². The summed E-state index contributed by atoms with van der Waals surface area (Å²) >= 11 is 6.81. The number of nitrogens with zero attached hydrogens (tertiary/aromatic N) is 1. The number of benzene rings is 2. The highest BCUT2D eigenvalue weighted by atomic mass is 79.9. The molecule has 0 aliphatic carbocycles. The maximum absolute atomic E-state index is 12.5. The van der Waals surface area contributed by atoms with Gasteiger partial charge in [0.25, 0.3) is 5.91 Å². The van der Waals surface area contributed by atoms with Gasteiger partial charge in [0, 0.05) is 22.5 Å². The summed E-state index contributed by atoms with van der Waals surface area (Å²) in [7, 11) is 3.43. The van der Waals surface area contributed by atoms with Gasteiger partial charge < -0.3 is 9.64 Å². The minimum Gasteiger partial charge on any atom is -0.497 e. The van der Waals surface area contributed by atoms with Crippen molar-refractivity contribution >= 4 is 37.8 Å². The second-order valence-corrected chi connectivity index (χ2v) is 6.40. The molecule has 0 atom stereocenters. The third-order valence-corrected chi connectivity index (χ3v) is 4.24. The second-order valence-electron chi connectivity index (χ2n) is 4.63. The summed E-state index contributed by atoms with van der Waals surface area (Å²) in [6, 6.07) is 13.2. The normalized spacial score (nSPS) is 10.3. The quantitative estimate of drug-likeness (QED) is 0.740. The predicted octanol–water partition coefficient (Wildman–Crippen LogP) is 4.49. The Labute approximate surface area is 141 Å². The van der Waals surface area contributed by atoms with Crippen LogP contribution in [0.3, 0.4) is 0 Å². The maximum Gasteiger partial charge on any atom is 0.255 e. The fourth-order valence-electron chi connectivity index (χ4n) is 1.95. The molecular formula is C16H15Br2NO2. The summed E-state index contributed by atoms with van der Waals surface area (Å²) in [5.74, 6) is 0.786. The van der Waals surface area contributed by atoms with Crippen LogP contribution >= 0.6 is 31.9 Å². The van der Waals surface area contributed by atoms with Gasteiger partial charge in [0.1, 0.15) is 5.75 Å². The van der Waals surface area contributed by atoms with Crippen molar-refractivity contribution in [2.24, 2.45) is 0 Å². The molecule has 0 bridgehead atoms. The van der Waals surface area contributed by atoms with Crippen LogP contribution in [0.15, 0.2) is 51.4 Å². The zero-order valence-corrected chi connectivity index (χ0v) is 14.9. The number of carbonyl (C=O) groups is 1. The zero-order chi connectivity index (χ0) is 15.4. The zero-order valence-electron chi connectivity index (χ0n) is 11.8. The summed E-state index contributed by atoms with van der Waals surface area (Å²) < 4.78 is 6.84. The number of ether oxygens (including phenoxy) is 1. The smallest absolute Gasteiger partial charge is 0.255 e. The average molecular weight is 413 g/mol. The number of hydrogen-bond donors (Lipinski definition) is 0. The molecule has 2 aromatic carbocycles. The molecular weight excluding hydrogens is 398 g/mol. The average Bonchev–Trinajstić information content (AvgIpc) is 2.47. The Balaban J connectivity index is 2.11. The van der Waals surface area contributed by atoms with E-state index in [2.05, 4.69) is 31.9 Å². The van der Waals surface area contributed by atoms with E-state index in [0.29, 0.717) is 12.1 Å². The van der Waals surface area contributed by atoms with Gasteiger partial charge in [0.05, 0.1) is 12.7 Å². The Hall–Kier alpha value is -1.33. The molecule has 0 radical (unpaired) electrons. The molecule has 0 saturated carbocycles. The van der Waals surface area contributed by atoms with Gasteiger partial charge in [-0.3, -0.25) is 4.79 Å².